The van der Waals surface area contributed by atoms with Crippen molar-refractivity contribution in [2.75, 3.05) is 39.4 Å². The van der Waals surface area contributed by atoms with Gasteiger partial charge in [0.25, 0.3) is 0 Å². The Kier molecular flexibility index (Phi) is 4.90. The minimum absolute atomic E-state index is 0.280. The molecule has 0 spiro atoms. The van der Waals surface area contributed by atoms with Crippen molar-refractivity contribution < 1.29 is 13.2 Å². The lowest BCUT2D eigenvalue weighted by Crippen LogP contribution is -2.50. The van der Waals surface area contributed by atoms with Crippen LogP contribution in [0.5, 0.6) is 0 Å². The fourth-order valence-corrected chi connectivity index (χ4v) is 5.53. The van der Waals surface area contributed by atoms with Crippen molar-refractivity contribution in [1.29, 1.82) is 0 Å². The van der Waals surface area contributed by atoms with E-state index in [2.05, 4.69) is 9.88 Å². The Bertz CT molecular complexity index is 541. The first kappa shape index (κ1) is 15.4. The fraction of sp³-hybridized carbons (Fsp3) is 0.769. The molecule has 0 saturated carbocycles. The number of thiazole rings is 1. The maximum absolute atomic E-state index is 12.7. The second-order valence-corrected chi connectivity index (χ2v) is 8.71. The summed E-state index contributed by atoms with van der Waals surface area (Å²) in [5.74, 6) is 0. The second-order valence-electron chi connectivity index (χ2n) is 5.52. The lowest BCUT2D eigenvalue weighted by atomic mass is 10.1. The molecular formula is C13H21N3O3S2. The van der Waals surface area contributed by atoms with Crippen LogP contribution >= 0.6 is 11.3 Å². The lowest BCUT2D eigenvalue weighted by molar-refractivity contribution is 0.0719. The summed E-state index contributed by atoms with van der Waals surface area (Å²) in [5, 5.41) is -0.280. The van der Waals surface area contributed by atoms with E-state index in [1.807, 2.05) is 11.7 Å². The molecule has 2 fully saturated rings. The molecule has 1 aromatic rings. The van der Waals surface area contributed by atoms with E-state index in [4.69, 9.17) is 4.74 Å². The zero-order valence-corrected chi connectivity index (χ0v) is 13.6. The quantitative estimate of drug-likeness (QED) is 0.815. The zero-order chi connectivity index (χ0) is 14.7. The first-order valence-electron chi connectivity index (χ1n) is 7.33. The smallest absolute Gasteiger partial charge is 0.218 e. The molecule has 2 saturated heterocycles. The summed E-state index contributed by atoms with van der Waals surface area (Å²) < 4.78 is 32.3. The molecule has 21 heavy (non-hydrogen) atoms. The molecule has 0 aromatic carbocycles. The predicted molar refractivity (Wildman–Crippen MR) is 81.7 cm³/mol. The highest BCUT2D eigenvalue weighted by Crippen LogP contribution is 2.23. The third kappa shape index (κ3) is 3.62. The van der Waals surface area contributed by atoms with E-state index in [0.29, 0.717) is 32.8 Å². The van der Waals surface area contributed by atoms with Crippen LogP contribution in [-0.4, -0.2) is 67.2 Å². The van der Waals surface area contributed by atoms with Crippen LogP contribution in [0.1, 0.15) is 17.7 Å². The van der Waals surface area contributed by atoms with Gasteiger partial charge in [-0.15, -0.1) is 11.3 Å². The van der Waals surface area contributed by atoms with E-state index in [-0.39, 0.29) is 5.25 Å². The molecule has 8 heteroatoms. The highest BCUT2D eigenvalue weighted by molar-refractivity contribution is 7.89. The topological polar surface area (TPSA) is 62.7 Å². The molecule has 3 heterocycles. The van der Waals surface area contributed by atoms with Crippen molar-refractivity contribution >= 4 is 21.4 Å². The molecule has 3 rings (SSSR count). The number of sulfonamides is 1. The molecule has 0 amide bonds. The van der Waals surface area contributed by atoms with Gasteiger partial charge in [-0.3, -0.25) is 9.88 Å². The number of ether oxygens (including phenoxy) is 1. The molecule has 118 valence electrons. The normalized spacial score (nSPS) is 26.0. The van der Waals surface area contributed by atoms with Crippen molar-refractivity contribution in [3.63, 3.8) is 0 Å². The first-order chi connectivity index (χ1) is 10.2. The van der Waals surface area contributed by atoms with E-state index < -0.39 is 10.0 Å². The third-order valence-corrected chi connectivity index (χ3v) is 7.15. The summed E-state index contributed by atoms with van der Waals surface area (Å²) in [6.07, 6.45) is 3.57. The Hall–Kier alpha value is -0.540. The van der Waals surface area contributed by atoms with Crippen molar-refractivity contribution in [2.45, 2.75) is 24.6 Å². The van der Waals surface area contributed by atoms with E-state index in [1.54, 1.807) is 15.6 Å². The van der Waals surface area contributed by atoms with Gasteiger partial charge < -0.3 is 4.74 Å². The van der Waals surface area contributed by atoms with E-state index >= 15 is 0 Å². The molecule has 1 atom stereocenters. The van der Waals surface area contributed by atoms with Gasteiger partial charge in [0.2, 0.25) is 10.0 Å². The van der Waals surface area contributed by atoms with Crippen molar-refractivity contribution in [3.8, 4) is 0 Å². The van der Waals surface area contributed by atoms with Crippen LogP contribution in [0, 0.1) is 0 Å². The number of aromatic nitrogens is 1. The van der Waals surface area contributed by atoms with Gasteiger partial charge in [0.05, 0.1) is 24.0 Å². The van der Waals surface area contributed by atoms with E-state index in [9.17, 15) is 8.42 Å². The second kappa shape index (κ2) is 6.70. The molecule has 0 aliphatic carbocycles. The van der Waals surface area contributed by atoms with Crippen LogP contribution in [0.2, 0.25) is 0 Å². The molecule has 0 bridgehead atoms. The Balaban J connectivity index is 1.64. The predicted octanol–water partition coefficient (Wildman–Crippen LogP) is 0.769. The van der Waals surface area contributed by atoms with Crippen molar-refractivity contribution in [1.82, 2.24) is 14.2 Å². The van der Waals surface area contributed by atoms with Crippen LogP contribution in [-0.2, 0) is 21.3 Å². The van der Waals surface area contributed by atoms with Crippen LogP contribution in [0.15, 0.2) is 11.7 Å². The number of rotatable bonds is 4. The Morgan fingerprint density at radius 1 is 1.33 bits per heavy atom. The summed E-state index contributed by atoms with van der Waals surface area (Å²) in [6, 6.07) is 0. The molecule has 0 N–H and O–H groups in total. The van der Waals surface area contributed by atoms with Gasteiger partial charge in [0.1, 0.15) is 0 Å². The monoisotopic (exact) mass is 331 g/mol. The van der Waals surface area contributed by atoms with Gasteiger partial charge in [0.15, 0.2) is 0 Å². The lowest BCUT2D eigenvalue weighted by Gasteiger charge is -2.36. The van der Waals surface area contributed by atoms with Gasteiger partial charge in [-0.05, 0) is 19.4 Å². The molecule has 6 nitrogen and oxygen atoms in total. The van der Waals surface area contributed by atoms with Gasteiger partial charge >= 0.3 is 0 Å². The summed E-state index contributed by atoms with van der Waals surface area (Å²) in [5.41, 5.74) is 1.82. The van der Waals surface area contributed by atoms with Crippen molar-refractivity contribution in [2.24, 2.45) is 0 Å². The van der Waals surface area contributed by atoms with Crippen LogP contribution in [0.25, 0.3) is 0 Å². The largest absolute Gasteiger partial charge is 0.379 e. The maximum Gasteiger partial charge on any atom is 0.218 e. The average Bonchev–Trinajstić information content (AvgIpc) is 3.01. The molecule has 1 aromatic heterocycles. The minimum Gasteiger partial charge on any atom is -0.379 e. The highest BCUT2D eigenvalue weighted by atomic mass is 32.2. The van der Waals surface area contributed by atoms with Gasteiger partial charge in [-0.1, -0.05) is 0 Å². The standard InChI is InChI=1S/C13H21N3O3S2/c17-21(18,16-4-6-19-7-5-16)13-2-1-3-15(10-13)9-12-8-14-11-20-12/h8,11,13H,1-7,9-10H2. The van der Waals surface area contributed by atoms with Crippen molar-refractivity contribution in [3.05, 3.63) is 16.6 Å². The Morgan fingerprint density at radius 3 is 2.86 bits per heavy atom. The molecular weight excluding hydrogens is 310 g/mol. The summed E-state index contributed by atoms with van der Waals surface area (Å²) in [7, 11) is -3.20. The summed E-state index contributed by atoms with van der Waals surface area (Å²) in [4.78, 5) is 7.51. The average molecular weight is 331 g/mol. The molecule has 2 aliphatic rings. The number of morpholine rings is 1. The van der Waals surface area contributed by atoms with Crippen LogP contribution in [0.3, 0.4) is 0 Å². The first-order valence-corrected chi connectivity index (χ1v) is 9.71. The van der Waals surface area contributed by atoms with E-state index in [0.717, 1.165) is 25.9 Å². The summed E-state index contributed by atoms with van der Waals surface area (Å²) in [6.45, 7) is 4.40. The number of piperidine rings is 1. The zero-order valence-electron chi connectivity index (χ0n) is 12.0. The number of hydrogen-bond acceptors (Lipinski definition) is 6. The highest BCUT2D eigenvalue weighted by Gasteiger charge is 2.36. The number of likely N-dealkylation sites (tertiary alicyclic amines) is 1. The Labute approximate surface area is 129 Å². The number of nitrogens with zero attached hydrogens (tertiary/aromatic N) is 3. The Morgan fingerprint density at radius 2 is 2.14 bits per heavy atom. The fourth-order valence-electron chi connectivity index (χ4n) is 2.95. The van der Waals surface area contributed by atoms with Crippen LogP contribution in [0.4, 0.5) is 0 Å². The molecule has 1 unspecified atom stereocenters. The van der Waals surface area contributed by atoms with Gasteiger partial charge in [-0.25, -0.2) is 8.42 Å². The maximum atomic E-state index is 12.7. The third-order valence-electron chi connectivity index (χ3n) is 4.08. The SMILES string of the molecule is O=S(=O)(C1CCCN(Cc2cncs2)C1)N1CCOCC1. The van der Waals surface area contributed by atoms with Gasteiger partial charge in [-0.2, -0.15) is 4.31 Å². The summed E-state index contributed by atoms with van der Waals surface area (Å²) >= 11 is 1.62. The number of hydrogen-bond donors (Lipinski definition) is 0. The molecule has 0 radical (unpaired) electrons. The minimum atomic E-state index is -3.20. The molecule has 2 aliphatic heterocycles. The van der Waals surface area contributed by atoms with E-state index in [1.165, 1.54) is 4.88 Å². The van der Waals surface area contributed by atoms with Crippen LogP contribution < -0.4 is 0 Å². The van der Waals surface area contributed by atoms with Gasteiger partial charge in [0, 0.05) is 37.3 Å².